The highest BCUT2D eigenvalue weighted by atomic mass is 14.4. The predicted molar refractivity (Wildman–Crippen MR) is 191 cm³/mol. The third-order valence-electron chi connectivity index (χ3n) is 9.46. The minimum absolute atomic E-state index is 0.0131. The quantitative estimate of drug-likeness (QED) is 0.192. The van der Waals surface area contributed by atoms with Gasteiger partial charge in [-0.25, -0.2) is 0 Å². The number of benzene rings is 7. The van der Waals surface area contributed by atoms with Crippen molar-refractivity contribution in [3.8, 4) is 66.8 Å². The molecule has 0 heteroatoms. The second-order valence-electron chi connectivity index (χ2n) is 12.6. The molecule has 214 valence electrons. The summed E-state index contributed by atoms with van der Waals surface area (Å²) in [5.74, 6) is 0. The van der Waals surface area contributed by atoms with Crippen molar-refractivity contribution in [1.82, 2.24) is 0 Å². The highest BCUT2D eigenvalue weighted by molar-refractivity contribution is 5.93. The van der Waals surface area contributed by atoms with Crippen LogP contribution in [0.5, 0.6) is 0 Å². The Morgan fingerprint density at radius 3 is 1.29 bits per heavy atom. The molecule has 0 saturated heterocycles. The van der Waals surface area contributed by atoms with E-state index in [0.29, 0.717) is 0 Å². The summed E-state index contributed by atoms with van der Waals surface area (Å²) < 4.78 is 0. The summed E-state index contributed by atoms with van der Waals surface area (Å²) in [4.78, 5) is 0. The third-order valence-corrected chi connectivity index (χ3v) is 9.46. The molecule has 1 aliphatic carbocycles. The maximum atomic E-state index is 2.36. The minimum atomic E-state index is -0.0131. The number of hydrogen-bond donors (Lipinski definition) is 0. The lowest BCUT2D eigenvalue weighted by Gasteiger charge is -2.21. The first-order chi connectivity index (χ1) is 22.1. The Bertz CT molecular complexity index is 2110. The Morgan fingerprint density at radius 2 is 0.667 bits per heavy atom. The molecular weight excluding hydrogens is 540 g/mol. The lowest BCUT2D eigenvalue weighted by Crippen LogP contribution is -2.14. The summed E-state index contributed by atoms with van der Waals surface area (Å²) in [7, 11) is 0. The van der Waals surface area contributed by atoms with Gasteiger partial charge in [0.25, 0.3) is 0 Å². The van der Waals surface area contributed by atoms with Gasteiger partial charge in [-0.05, 0) is 108 Å². The second kappa shape index (κ2) is 10.9. The van der Waals surface area contributed by atoms with Crippen molar-refractivity contribution in [2.24, 2.45) is 0 Å². The van der Waals surface area contributed by atoms with Crippen molar-refractivity contribution in [3.05, 3.63) is 181 Å². The van der Waals surface area contributed by atoms with E-state index >= 15 is 0 Å². The van der Waals surface area contributed by atoms with Crippen LogP contribution in [-0.4, -0.2) is 0 Å². The molecule has 0 nitrogen and oxygen atoms in total. The molecule has 0 atom stereocenters. The molecule has 0 amide bonds. The van der Waals surface area contributed by atoms with Crippen molar-refractivity contribution in [2.75, 3.05) is 0 Å². The summed E-state index contributed by atoms with van der Waals surface area (Å²) >= 11 is 0. The van der Waals surface area contributed by atoms with Gasteiger partial charge in [0.1, 0.15) is 0 Å². The molecule has 0 bridgehead atoms. The van der Waals surface area contributed by atoms with E-state index in [1.54, 1.807) is 0 Å². The maximum Gasteiger partial charge on any atom is 0.0159 e. The third kappa shape index (κ3) is 4.80. The van der Waals surface area contributed by atoms with Gasteiger partial charge in [0.2, 0.25) is 0 Å². The molecule has 8 rings (SSSR count). The van der Waals surface area contributed by atoms with Gasteiger partial charge in [0.05, 0.1) is 0 Å². The fourth-order valence-corrected chi connectivity index (χ4v) is 7.13. The Hall–Kier alpha value is -5.46. The van der Waals surface area contributed by atoms with Gasteiger partial charge >= 0.3 is 0 Å². The average molecular weight is 575 g/mol. The summed E-state index contributed by atoms with van der Waals surface area (Å²) in [6, 6.07) is 62.1. The molecule has 7 aromatic rings. The van der Waals surface area contributed by atoms with Crippen molar-refractivity contribution in [3.63, 3.8) is 0 Å². The molecule has 0 aliphatic heterocycles. The normalized spacial score (nSPS) is 12.8. The maximum absolute atomic E-state index is 2.36. The van der Waals surface area contributed by atoms with E-state index in [9.17, 15) is 0 Å². The van der Waals surface area contributed by atoms with Crippen LogP contribution in [0.25, 0.3) is 66.8 Å². The summed E-state index contributed by atoms with van der Waals surface area (Å²) in [6.07, 6.45) is 0. The zero-order chi connectivity index (χ0) is 30.4. The van der Waals surface area contributed by atoms with Gasteiger partial charge in [0, 0.05) is 5.41 Å². The molecule has 45 heavy (non-hydrogen) atoms. The number of rotatable bonds is 5. The van der Waals surface area contributed by atoms with Crippen molar-refractivity contribution in [2.45, 2.75) is 19.3 Å². The molecule has 0 unspecified atom stereocenters. The van der Waals surface area contributed by atoms with Crippen LogP contribution < -0.4 is 0 Å². The zero-order valence-corrected chi connectivity index (χ0v) is 25.7. The zero-order valence-electron chi connectivity index (χ0n) is 25.7. The average Bonchev–Trinajstić information content (AvgIpc) is 3.35. The topological polar surface area (TPSA) is 0 Å². The van der Waals surface area contributed by atoms with Gasteiger partial charge in [-0.1, -0.05) is 153 Å². The molecule has 0 spiro atoms. The van der Waals surface area contributed by atoms with Crippen LogP contribution in [0, 0.1) is 0 Å². The number of fused-ring (bicyclic) bond motifs is 3. The Labute approximate surface area is 266 Å². The summed E-state index contributed by atoms with van der Waals surface area (Å²) in [5, 5.41) is 0. The molecule has 0 saturated carbocycles. The van der Waals surface area contributed by atoms with Crippen LogP contribution in [0.2, 0.25) is 0 Å². The van der Waals surface area contributed by atoms with Crippen LogP contribution in [0.15, 0.2) is 170 Å². The van der Waals surface area contributed by atoms with Crippen LogP contribution in [0.1, 0.15) is 25.0 Å². The van der Waals surface area contributed by atoms with Gasteiger partial charge in [-0.15, -0.1) is 0 Å². The highest BCUT2D eigenvalue weighted by Crippen LogP contribution is 2.52. The fraction of sp³-hybridized carbons (Fsp3) is 0.0667. The minimum Gasteiger partial charge on any atom is -0.0622 e. The van der Waals surface area contributed by atoms with E-state index in [2.05, 4.69) is 184 Å². The van der Waals surface area contributed by atoms with Crippen molar-refractivity contribution < 1.29 is 0 Å². The number of hydrogen-bond acceptors (Lipinski definition) is 0. The van der Waals surface area contributed by atoms with E-state index in [-0.39, 0.29) is 5.41 Å². The van der Waals surface area contributed by atoms with Gasteiger partial charge < -0.3 is 0 Å². The van der Waals surface area contributed by atoms with Gasteiger partial charge in [-0.3, -0.25) is 0 Å². The van der Waals surface area contributed by atoms with E-state index in [0.717, 1.165) is 0 Å². The van der Waals surface area contributed by atoms with Gasteiger partial charge in [-0.2, -0.15) is 0 Å². The van der Waals surface area contributed by atoms with E-state index in [1.165, 1.54) is 77.9 Å². The lowest BCUT2D eigenvalue weighted by atomic mass is 9.82. The van der Waals surface area contributed by atoms with Crippen LogP contribution in [0.4, 0.5) is 0 Å². The Kier molecular flexibility index (Phi) is 6.58. The van der Waals surface area contributed by atoms with Crippen molar-refractivity contribution in [1.29, 1.82) is 0 Å². The molecule has 0 fully saturated rings. The van der Waals surface area contributed by atoms with Gasteiger partial charge in [0.15, 0.2) is 0 Å². The van der Waals surface area contributed by atoms with E-state index < -0.39 is 0 Å². The molecular formula is C45H34. The van der Waals surface area contributed by atoms with E-state index in [1.807, 2.05) is 0 Å². The Balaban J connectivity index is 1.22. The standard InChI is InChI=1S/C45H34/c1-45(2)42-24-10-9-22-41(42)44-40(23-13-25-43(44)45)36-21-12-19-34(27-36)33-18-11-20-35(26-33)39-29-37(31-14-5-3-6-15-31)28-38(30-39)32-16-7-4-8-17-32/h3-30H,1-2H3. The smallest absolute Gasteiger partial charge is 0.0159 e. The first kappa shape index (κ1) is 27.1. The monoisotopic (exact) mass is 574 g/mol. The van der Waals surface area contributed by atoms with Crippen LogP contribution in [-0.2, 0) is 5.41 Å². The predicted octanol–water partition coefficient (Wildman–Crippen LogP) is 12.3. The molecule has 0 radical (unpaired) electrons. The SMILES string of the molecule is CC1(C)c2ccccc2-c2c(-c3cccc(-c4cccc(-c5cc(-c6ccccc6)cc(-c6ccccc6)c5)c4)c3)cccc21. The summed E-state index contributed by atoms with van der Waals surface area (Å²) in [6.45, 7) is 4.69. The molecule has 7 aromatic carbocycles. The van der Waals surface area contributed by atoms with Crippen LogP contribution in [0.3, 0.4) is 0 Å². The second-order valence-corrected chi connectivity index (χ2v) is 12.6. The lowest BCUT2D eigenvalue weighted by molar-refractivity contribution is 0.660. The highest BCUT2D eigenvalue weighted by Gasteiger charge is 2.36. The fourth-order valence-electron chi connectivity index (χ4n) is 7.13. The van der Waals surface area contributed by atoms with Crippen molar-refractivity contribution >= 4 is 0 Å². The largest absolute Gasteiger partial charge is 0.0622 e. The molecule has 0 N–H and O–H groups in total. The summed E-state index contributed by atoms with van der Waals surface area (Å²) in [5.41, 5.74) is 17.8. The first-order valence-corrected chi connectivity index (χ1v) is 15.8. The first-order valence-electron chi connectivity index (χ1n) is 15.8. The molecule has 0 aromatic heterocycles. The molecule has 0 heterocycles. The Morgan fingerprint density at radius 1 is 0.289 bits per heavy atom. The molecule has 1 aliphatic rings. The van der Waals surface area contributed by atoms with Crippen LogP contribution >= 0.6 is 0 Å². The van der Waals surface area contributed by atoms with E-state index in [4.69, 9.17) is 0 Å².